The number of phenols is 1. The van der Waals surface area contributed by atoms with Gasteiger partial charge in [-0.25, -0.2) is 4.39 Å². The van der Waals surface area contributed by atoms with Crippen LogP contribution < -0.4 is 4.90 Å². The smallest absolute Gasteiger partial charge is 0.125 e. The molecule has 1 heterocycles. The first-order chi connectivity index (χ1) is 9.56. The van der Waals surface area contributed by atoms with Crippen LogP contribution in [0, 0.1) is 5.82 Å². The number of halogens is 2. The Morgan fingerprint density at radius 3 is 2.85 bits per heavy atom. The zero-order chi connectivity index (χ0) is 14.3. The third-order valence-electron chi connectivity index (χ3n) is 3.89. The Balaban J connectivity index is 1.99. The van der Waals surface area contributed by atoms with E-state index in [2.05, 4.69) is 4.90 Å². The Bertz CT molecular complexity index is 659. The van der Waals surface area contributed by atoms with Crippen LogP contribution in [0.1, 0.15) is 24.1 Å². The van der Waals surface area contributed by atoms with Crippen molar-refractivity contribution in [1.82, 2.24) is 0 Å². The molecule has 1 atom stereocenters. The largest absolute Gasteiger partial charge is 0.508 e. The van der Waals surface area contributed by atoms with E-state index in [0.29, 0.717) is 5.02 Å². The maximum Gasteiger partial charge on any atom is 0.125 e. The summed E-state index contributed by atoms with van der Waals surface area (Å²) in [7, 11) is 0. The van der Waals surface area contributed by atoms with E-state index in [1.54, 1.807) is 24.3 Å². The van der Waals surface area contributed by atoms with Crippen molar-refractivity contribution in [2.24, 2.45) is 0 Å². The third-order valence-corrected chi connectivity index (χ3v) is 4.12. The summed E-state index contributed by atoms with van der Waals surface area (Å²) in [6, 6.07) is 9.83. The van der Waals surface area contributed by atoms with Gasteiger partial charge in [0.25, 0.3) is 0 Å². The fraction of sp³-hybridized carbons (Fsp3) is 0.250. The van der Waals surface area contributed by atoms with Crippen LogP contribution in [0.4, 0.5) is 10.1 Å². The van der Waals surface area contributed by atoms with E-state index in [0.717, 1.165) is 29.8 Å². The zero-order valence-corrected chi connectivity index (χ0v) is 11.9. The lowest BCUT2D eigenvalue weighted by atomic mass is 10.1. The molecule has 0 aromatic heterocycles. The third kappa shape index (κ3) is 2.22. The highest BCUT2D eigenvalue weighted by molar-refractivity contribution is 6.30. The molecule has 1 aliphatic heterocycles. The number of aromatic hydroxyl groups is 1. The highest BCUT2D eigenvalue weighted by Gasteiger charge is 2.26. The number of rotatable bonds is 2. The molecule has 0 radical (unpaired) electrons. The molecule has 1 unspecified atom stereocenters. The van der Waals surface area contributed by atoms with Gasteiger partial charge in [-0.3, -0.25) is 0 Å². The summed E-state index contributed by atoms with van der Waals surface area (Å²) in [6.45, 7) is 2.80. The van der Waals surface area contributed by atoms with Crippen LogP contribution in [0.15, 0.2) is 36.4 Å². The van der Waals surface area contributed by atoms with Crippen molar-refractivity contribution in [3.8, 4) is 5.75 Å². The number of hydrogen-bond acceptors (Lipinski definition) is 2. The van der Waals surface area contributed by atoms with Gasteiger partial charge in [0.05, 0.1) is 6.04 Å². The molecule has 2 aromatic rings. The minimum atomic E-state index is -0.238. The van der Waals surface area contributed by atoms with Crippen LogP contribution in [0.2, 0.25) is 5.02 Å². The quantitative estimate of drug-likeness (QED) is 0.891. The summed E-state index contributed by atoms with van der Waals surface area (Å²) in [6.07, 6.45) is 0.890. The summed E-state index contributed by atoms with van der Waals surface area (Å²) < 4.78 is 13.4. The second-order valence-corrected chi connectivity index (χ2v) is 5.53. The van der Waals surface area contributed by atoms with Crippen LogP contribution in [0.3, 0.4) is 0 Å². The number of anilines is 1. The molecule has 0 spiro atoms. The summed E-state index contributed by atoms with van der Waals surface area (Å²) in [5, 5.41) is 10.6. The van der Waals surface area contributed by atoms with Crippen molar-refractivity contribution in [3.63, 3.8) is 0 Å². The minimum Gasteiger partial charge on any atom is -0.508 e. The Kier molecular flexibility index (Phi) is 3.30. The van der Waals surface area contributed by atoms with Crippen LogP contribution >= 0.6 is 11.6 Å². The van der Waals surface area contributed by atoms with Gasteiger partial charge in [-0.1, -0.05) is 17.7 Å². The predicted octanol–water partition coefficient (Wildman–Crippen LogP) is 4.31. The zero-order valence-electron chi connectivity index (χ0n) is 11.1. The molecule has 0 fully saturated rings. The summed E-state index contributed by atoms with van der Waals surface area (Å²) in [4.78, 5) is 2.10. The Morgan fingerprint density at radius 2 is 2.05 bits per heavy atom. The van der Waals surface area contributed by atoms with Crippen molar-refractivity contribution in [3.05, 3.63) is 58.4 Å². The first-order valence-corrected chi connectivity index (χ1v) is 6.97. The lowest BCUT2D eigenvalue weighted by Crippen LogP contribution is -2.24. The van der Waals surface area contributed by atoms with Crippen LogP contribution in [0.25, 0.3) is 0 Å². The summed E-state index contributed by atoms with van der Waals surface area (Å²) >= 11 is 6.00. The van der Waals surface area contributed by atoms with Gasteiger partial charge in [-0.15, -0.1) is 0 Å². The van der Waals surface area contributed by atoms with Crippen molar-refractivity contribution in [2.75, 3.05) is 11.4 Å². The van der Waals surface area contributed by atoms with E-state index in [-0.39, 0.29) is 17.6 Å². The minimum absolute atomic E-state index is 0.0586. The number of benzene rings is 2. The van der Waals surface area contributed by atoms with Crippen molar-refractivity contribution >= 4 is 17.3 Å². The molecule has 4 heteroatoms. The molecule has 104 valence electrons. The highest BCUT2D eigenvalue weighted by Crippen LogP contribution is 2.38. The molecular weight excluding hydrogens is 277 g/mol. The van der Waals surface area contributed by atoms with E-state index in [1.165, 1.54) is 6.07 Å². The van der Waals surface area contributed by atoms with E-state index >= 15 is 0 Å². The van der Waals surface area contributed by atoms with Crippen molar-refractivity contribution in [1.29, 1.82) is 0 Å². The maximum absolute atomic E-state index is 13.4. The molecule has 1 N–H and O–H groups in total. The monoisotopic (exact) mass is 291 g/mol. The highest BCUT2D eigenvalue weighted by atomic mass is 35.5. The van der Waals surface area contributed by atoms with Gasteiger partial charge in [0.15, 0.2) is 0 Å². The number of fused-ring (bicyclic) bond motifs is 1. The number of phenolic OH excluding ortho intramolecular Hbond substituents is 1. The van der Waals surface area contributed by atoms with Crippen molar-refractivity contribution < 1.29 is 9.50 Å². The fourth-order valence-corrected chi connectivity index (χ4v) is 2.99. The van der Waals surface area contributed by atoms with Crippen molar-refractivity contribution in [2.45, 2.75) is 19.4 Å². The molecule has 0 saturated carbocycles. The molecule has 3 rings (SSSR count). The lowest BCUT2D eigenvalue weighted by Gasteiger charge is -2.28. The molecule has 0 saturated heterocycles. The fourth-order valence-electron chi connectivity index (χ4n) is 2.81. The van der Waals surface area contributed by atoms with E-state index < -0.39 is 0 Å². The Hall–Kier alpha value is -1.74. The van der Waals surface area contributed by atoms with Crippen LogP contribution in [-0.2, 0) is 6.42 Å². The maximum atomic E-state index is 13.4. The Labute approximate surface area is 122 Å². The summed E-state index contributed by atoms with van der Waals surface area (Å²) in [5.74, 6) is -0.0232. The first kappa shape index (κ1) is 13.3. The van der Waals surface area contributed by atoms with Gasteiger partial charge >= 0.3 is 0 Å². The van der Waals surface area contributed by atoms with Gasteiger partial charge < -0.3 is 10.0 Å². The van der Waals surface area contributed by atoms with E-state index in [4.69, 9.17) is 11.6 Å². The second-order valence-electron chi connectivity index (χ2n) is 5.10. The first-order valence-electron chi connectivity index (χ1n) is 6.60. The average molecular weight is 292 g/mol. The SMILES string of the molecule is CC(c1cc(Cl)ccc1O)N1CCc2ccc(F)cc21. The predicted molar refractivity (Wildman–Crippen MR) is 79.0 cm³/mol. The van der Waals surface area contributed by atoms with Crippen LogP contribution in [-0.4, -0.2) is 11.7 Å². The molecule has 2 aromatic carbocycles. The standard InChI is InChI=1S/C16H15ClFNO/c1-10(14-8-12(17)3-5-16(14)20)19-7-6-11-2-4-13(18)9-15(11)19/h2-5,8-10,20H,6-7H2,1H3. The average Bonchev–Trinajstić information content (AvgIpc) is 2.83. The molecular formula is C16H15ClFNO. The second kappa shape index (κ2) is 4.98. The van der Waals surface area contributed by atoms with Gasteiger partial charge in [0.2, 0.25) is 0 Å². The van der Waals surface area contributed by atoms with E-state index in [1.807, 2.05) is 13.0 Å². The Morgan fingerprint density at radius 1 is 1.25 bits per heavy atom. The molecule has 2 nitrogen and oxygen atoms in total. The normalized spacial score (nSPS) is 15.2. The van der Waals surface area contributed by atoms with Crippen LogP contribution in [0.5, 0.6) is 5.75 Å². The molecule has 0 aliphatic carbocycles. The molecule has 0 amide bonds. The van der Waals surface area contributed by atoms with Gasteiger partial charge in [-0.2, -0.15) is 0 Å². The topological polar surface area (TPSA) is 23.5 Å². The number of nitrogens with zero attached hydrogens (tertiary/aromatic N) is 1. The molecule has 20 heavy (non-hydrogen) atoms. The molecule has 1 aliphatic rings. The summed E-state index contributed by atoms with van der Waals surface area (Å²) in [5.41, 5.74) is 2.80. The lowest BCUT2D eigenvalue weighted by molar-refractivity contribution is 0.461. The molecule has 0 bridgehead atoms. The number of hydrogen-bond donors (Lipinski definition) is 1. The van der Waals surface area contributed by atoms with Gasteiger partial charge in [0, 0.05) is 22.8 Å². The van der Waals surface area contributed by atoms with Gasteiger partial charge in [-0.05, 0) is 49.2 Å². The van der Waals surface area contributed by atoms with Gasteiger partial charge in [0.1, 0.15) is 11.6 Å². The van der Waals surface area contributed by atoms with E-state index in [9.17, 15) is 9.50 Å².